The Bertz CT molecular complexity index is 418. The van der Waals surface area contributed by atoms with Gasteiger partial charge in [-0.2, -0.15) is 0 Å². The second kappa shape index (κ2) is 6.37. The van der Waals surface area contributed by atoms with Gasteiger partial charge >= 0.3 is 0 Å². The molecule has 0 atom stereocenters. The van der Waals surface area contributed by atoms with Crippen LogP contribution in [-0.2, 0) is 17.7 Å². The smallest absolute Gasteiger partial charge is 0.127 e. The van der Waals surface area contributed by atoms with Crippen molar-refractivity contribution in [3.05, 3.63) is 29.3 Å². The van der Waals surface area contributed by atoms with E-state index in [0.29, 0.717) is 13.2 Å². The van der Waals surface area contributed by atoms with Crippen molar-refractivity contribution in [2.45, 2.75) is 32.4 Å². The van der Waals surface area contributed by atoms with Gasteiger partial charge in [-0.1, -0.05) is 18.2 Å². The molecule has 19 heavy (non-hydrogen) atoms. The first-order valence-corrected chi connectivity index (χ1v) is 6.81. The molecule has 0 bridgehead atoms. The molecule has 1 aromatic carbocycles. The van der Waals surface area contributed by atoms with Crippen LogP contribution in [-0.4, -0.2) is 37.1 Å². The summed E-state index contributed by atoms with van der Waals surface area (Å²) in [6, 6.07) is 6.32. The zero-order chi connectivity index (χ0) is 13.7. The summed E-state index contributed by atoms with van der Waals surface area (Å²) in [6.07, 6.45) is 0.968. The third kappa shape index (κ3) is 3.93. The van der Waals surface area contributed by atoms with Gasteiger partial charge in [0.05, 0.1) is 19.8 Å². The molecule has 0 amide bonds. The molecule has 106 valence electrons. The van der Waals surface area contributed by atoms with E-state index in [1.807, 2.05) is 0 Å². The van der Waals surface area contributed by atoms with Gasteiger partial charge in [-0.05, 0) is 19.4 Å². The van der Waals surface area contributed by atoms with Crippen molar-refractivity contribution >= 4 is 0 Å². The van der Waals surface area contributed by atoms with Crippen molar-refractivity contribution in [2.75, 3.05) is 26.4 Å². The van der Waals surface area contributed by atoms with Crippen LogP contribution >= 0.6 is 0 Å². The monoisotopic (exact) mass is 265 g/mol. The molecule has 0 saturated heterocycles. The maximum Gasteiger partial charge on any atom is 0.127 e. The van der Waals surface area contributed by atoms with Gasteiger partial charge in [-0.15, -0.1) is 0 Å². The number of para-hydroxylation sites is 1. The maximum absolute atomic E-state index is 8.59. The predicted octanol–water partition coefficient (Wildman–Crippen LogP) is 1.50. The van der Waals surface area contributed by atoms with Crippen LogP contribution in [0, 0.1) is 0 Å². The van der Waals surface area contributed by atoms with Crippen molar-refractivity contribution < 1.29 is 14.6 Å². The molecular formula is C15H23NO3. The Hall–Kier alpha value is -1.10. The zero-order valence-electron chi connectivity index (χ0n) is 11.7. The lowest BCUT2D eigenvalue weighted by molar-refractivity contribution is 0.0937. The highest BCUT2D eigenvalue weighted by Crippen LogP contribution is 2.37. The molecule has 0 saturated carbocycles. The van der Waals surface area contributed by atoms with Crippen molar-refractivity contribution in [3.63, 3.8) is 0 Å². The molecule has 0 radical (unpaired) electrons. The Balaban J connectivity index is 1.84. The maximum atomic E-state index is 8.59. The number of hydrogen-bond acceptors (Lipinski definition) is 4. The molecule has 1 aliphatic heterocycles. The fourth-order valence-electron chi connectivity index (χ4n) is 2.35. The Labute approximate surface area is 114 Å². The van der Waals surface area contributed by atoms with Crippen LogP contribution < -0.4 is 10.1 Å². The second-order valence-electron chi connectivity index (χ2n) is 5.46. The summed E-state index contributed by atoms with van der Waals surface area (Å²) in [7, 11) is 0. The molecule has 1 heterocycles. The standard InChI is InChI=1S/C15H23NO3/c1-15(2)10-12-4-3-5-13(14(12)19-15)11-16-6-8-18-9-7-17/h3-5,16-17H,6-11H2,1-2H3. The number of aliphatic hydroxyl groups is 1. The highest BCUT2D eigenvalue weighted by molar-refractivity contribution is 5.45. The molecule has 4 heteroatoms. The minimum atomic E-state index is -0.0946. The van der Waals surface area contributed by atoms with E-state index < -0.39 is 0 Å². The quantitative estimate of drug-likeness (QED) is 0.734. The lowest BCUT2D eigenvalue weighted by atomic mass is 10.0. The van der Waals surface area contributed by atoms with E-state index in [1.165, 1.54) is 11.1 Å². The first-order valence-electron chi connectivity index (χ1n) is 6.81. The summed E-state index contributed by atoms with van der Waals surface area (Å²) in [4.78, 5) is 0. The Morgan fingerprint density at radius 1 is 1.37 bits per heavy atom. The fourth-order valence-corrected chi connectivity index (χ4v) is 2.35. The van der Waals surface area contributed by atoms with Gasteiger partial charge < -0.3 is 19.9 Å². The van der Waals surface area contributed by atoms with Crippen LogP contribution in [0.5, 0.6) is 5.75 Å². The SMILES string of the molecule is CC1(C)Cc2cccc(CNCCOCCO)c2O1. The topological polar surface area (TPSA) is 50.7 Å². The molecule has 1 aliphatic rings. The summed E-state index contributed by atoms with van der Waals surface area (Å²) >= 11 is 0. The minimum absolute atomic E-state index is 0.0785. The molecule has 1 aromatic rings. The van der Waals surface area contributed by atoms with Crippen molar-refractivity contribution in [3.8, 4) is 5.75 Å². The number of fused-ring (bicyclic) bond motifs is 1. The summed E-state index contributed by atoms with van der Waals surface area (Å²) in [6.45, 7) is 6.88. The molecule has 2 N–H and O–H groups in total. The van der Waals surface area contributed by atoms with Crippen LogP contribution in [0.25, 0.3) is 0 Å². The van der Waals surface area contributed by atoms with Gasteiger partial charge in [-0.3, -0.25) is 0 Å². The molecular weight excluding hydrogens is 242 g/mol. The van der Waals surface area contributed by atoms with Gasteiger partial charge in [-0.25, -0.2) is 0 Å². The second-order valence-corrected chi connectivity index (χ2v) is 5.46. The van der Waals surface area contributed by atoms with Crippen molar-refractivity contribution in [2.24, 2.45) is 0 Å². The number of benzene rings is 1. The Kier molecular flexibility index (Phi) is 4.80. The first kappa shape index (κ1) is 14.3. The summed E-state index contributed by atoms with van der Waals surface area (Å²) < 4.78 is 11.2. The zero-order valence-corrected chi connectivity index (χ0v) is 11.7. The van der Waals surface area contributed by atoms with Crippen LogP contribution in [0.3, 0.4) is 0 Å². The summed E-state index contributed by atoms with van der Waals surface area (Å²) in [5.74, 6) is 1.04. The molecule has 0 spiro atoms. The van der Waals surface area contributed by atoms with Crippen molar-refractivity contribution in [1.29, 1.82) is 0 Å². The van der Waals surface area contributed by atoms with Crippen LogP contribution in [0.1, 0.15) is 25.0 Å². The normalized spacial score (nSPS) is 16.2. The predicted molar refractivity (Wildman–Crippen MR) is 74.5 cm³/mol. The van der Waals surface area contributed by atoms with E-state index in [9.17, 15) is 0 Å². The summed E-state index contributed by atoms with van der Waals surface area (Å²) in [5, 5.41) is 11.9. The Morgan fingerprint density at radius 2 is 2.21 bits per heavy atom. The number of nitrogens with one attached hydrogen (secondary N) is 1. The number of ether oxygens (including phenoxy) is 2. The van der Waals surface area contributed by atoms with Gasteiger partial charge in [0, 0.05) is 25.1 Å². The molecule has 2 rings (SSSR count). The molecule has 0 unspecified atom stereocenters. The van der Waals surface area contributed by atoms with E-state index in [0.717, 1.165) is 25.3 Å². The molecule has 0 fully saturated rings. The average molecular weight is 265 g/mol. The highest BCUT2D eigenvalue weighted by atomic mass is 16.5. The van der Waals surface area contributed by atoms with E-state index >= 15 is 0 Å². The van der Waals surface area contributed by atoms with Crippen LogP contribution in [0.4, 0.5) is 0 Å². The molecule has 0 aromatic heterocycles. The fraction of sp³-hybridized carbons (Fsp3) is 0.600. The first-order chi connectivity index (χ1) is 9.12. The number of hydrogen-bond donors (Lipinski definition) is 2. The Morgan fingerprint density at radius 3 is 3.00 bits per heavy atom. The lowest BCUT2D eigenvalue weighted by Crippen LogP contribution is -2.25. The van der Waals surface area contributed by atoms with Gasteiger partial charge in [0.15, 0.2) is 0 Å². The van der Waals surface area contributed by atoms with E-state index in [1.54, 1.807) is 0 Å². The minimum Gasteiger partial charge on any atom is -0.487 e. The highest BCUT2D eigenvalue weighted by Gasteiger charge is 2.31. The number of aliphatic hydroxyl groups excluding tert-OH is 1. The van der Waals surface area contributed by atoms with Crippen LogP contribution in [0.2, 0.25) is 0 Å². The van der Waals surface area contributed by atoms with Crippen LogP contribution in [0.15, 0.2) is 18.2 Å². The van der Waals surface area contributed by atoms with E-state index in [-0.39, 0.29) is 12.2 Å². The van der Waals surface area contributed by atoms with Gasteiger partial charge in [0.2, 0.25) is 0 Å². The third-order valence-corrected chi connectivity index (χ3v) is 3.15. The van der Waals surface area contributed by atoms with Crippen molar-refractivity contribution in [1.82, 2.24) is 5.32 Å². The molecule has 4 nitrogen and oxygen atoms in total. The van der Waals surface area contributed by atoms with E-state index in [4.69, 9.17) is 14.6 Å². The lowest BCUT2D eigenvalue weighted by Gasteiger charge is -2.18. The largest absolute Gasteiger partial charge is 0.487 e. The average Bonchev–Trinajstić information content (AvgIpc) is 2.68. The molecule has 0 aliphatic carbocycles. The van der Waals surface area contributed by atoms with E-state index in [2.05, 4.69) is 37.4 Å². The third-order valence-electron chi connectivity index (χ3n) is 3.15. The summed E-state index contributed by atoms with van der Waals surface area (Å²) in [5.41, 5.74) is 2.40. The van der Waals surface area contributed by atoms with Gasteiger partial charge in [0.25, 0.3) is 0 Å². The van der Waals surface area contributed by atoms with Gasteiger partial charge in [0.1, 0.15) is 11.4 Å². The number of rotatable bonds is 7.